The molecule has 1 fully saturated rings. The molecule has 21 heavy (non-hydrogen) atoms. The molecule has 1 aromatic heterocycles. The molecule has 0 radical (unpaired) electrons. The van der Waals surface area contributed by atoms with Crippen LogP contribution in [0.3, 0.4) is 0 Å². The Labute approximate surface area is 125 Å². The van der Waals surface area contributed by atoms with E-state index < -0.39 is 0 Å². The first-order valence-electron chi connectivity index (χ1n) is 7.67. The summed E-state index contributed by atoms with van der Waals surface area (Å²) < 4.78 is 5.39. The number of amides is 1. The first kappa shape index (κ1) is 15.9. The van der Waals surface area contributed by atoms with E-state index in [0.29, 0.717) is 24.9 Å². The topological polar surface area (TPSA) is 74.5 Å². The van der Waals surface area contributed by atoms with Gasteiger partial charge in [-0.25, -0.2) is 0 Å². The van der Waals surface area contributed by atoms with E-state index in [0.717, 1.165) is 45.6 Å². The Morgan fingerprint density at radius 3 is 2.57 bits per heavy atom. The molecule has 1 aromatic rings. The van der Waals surface area contributed by atoms with E-state index in [1.807, 2.05) is 0 Å². The monoisotopic (exact) mass is 295 g/mol. The predicted octanol–water partition coefficient (Wildman–Crippen LogP) is 0.412. The molecule has 0 saturated carbocycles. The Kier molecular flexibility index (Phi) is 6.13. The van der Waals surface area contributed by atoms with E-state index >= 15 is 0 Å². The first-order chi connectivity index (χ1) is 10.2. The van der Waals surface area contributed by atoms with E-state index in [1.54, 1.807) is 6.92 Å². The second-order valence-electron chi connectivity index (χ2n) is 5.47. The number of nitrogens with zero attached hydrogens (tertiary/aromatic N) is 4. The molecule has 0 aromatic carbocycles. The van der Waals surface area contributed by atoms with Gasteiger partial charge in [0, 0.05) is 39.6 Å². The smallest absolute Gasteiger partial charge is 0.234 e. The number of hydrogen-bond donors (Lipinski definition) is 1. The minimum absolute atomic E-state index is 0.129. The van der Waals surface area contributed by atoms with Crippen molar-refractivity contribution in [2.75, 3.05) is 39.3 Å². The van der Waals surface area contributed by atoms with Gasteiger partial charge < -0.3 is 9.73 Å². The summed E-state index contributed by atoms with van der Waals surface area (Å²) in [5.41, 5.74) is 0. The number of carbonyl (C=O) groups is 1. The Morgan fingerprint density at radius 2 is 1.95 bits per heavy atom. The molecule has 1 saturated heterocycles. The third-order valence-corrected chi connectivity index (χ3v) is 3.61. The number of unbranched alkanes of at least 4 members (excludes halogenated alkanes) is 1. The third-order valence-electron chi connectivity index (χ3n) is 3.61. The molecular formula is C14H25N5O2. The van der Waals surface area contributed by atoms with Crippen LogP contribution in [-0.4, -0.2) is 65.2 Å². The molecule has 0 aliphatic carbocycles. The largest absolute Gasteiger partial charge is 0.424 e. The maximum Gasteiger partial charge on any atom is 0.234 e. The van der Waals surface area contributed by atoms with Gasteiger partial charge in [0.25, 0.3) is 0 Å². The lowest BCUT2D eigenvalue weighted by Gasteiger charge is -2.33. The van der Waals surface area contributed by atoms with E-state index in [1.165, 1.54) is 0 Å². The fourth-order valence-corrected chi connectivity index (χ4v) is 2.36. The molecule has 0 bridgehead atoms. The fourth-order valence-electron chi connectivity index (χ4n) is 2.36. The van der Waals surface area contributed by atoms with Gasteiger partial charge in [0.05, 0.1) is 13.1 Å². The van der Waals surface area contributed by atoms with Crippen molar-refractivity contribution < 1.29 is 9.21 Å². The Balaban J connectivity index is 1.65. The van der Waals surface area contributed by atoms with Crippen LogP contribution in [0.15, 0.2) is 4.42 Å². The molecule has 118 valence electrons. The van der Waals surface area contributed by atoms with Crippen LogP contribution in [-0.2, 0) is 11.3 Å². The van der Waals surface area contributed by atoms with Gasteiger partial charge in [-0.05, 0) is 6.42 Å². The summed E-state index contributed by atoms with van der Waals surface area (Å²) in [4.78, 5) is 16.2. The molecule has 7 heteroatoms. The van der Waals surface area contributed by atoms with Crippen LogP contribution in [0.5, 0.6) is 0 Å². The van der Waals surface area contributed by atoms with Crippen molar-refractivity contribution in [3.63, 3.8) is 0 Å². The Hall–Kier alpha value is -1.47. The lowest BCUT2D eigenvalue weighted by Crippen LogP contribution is -2.49. The summed E-state index contributed by atoms with van der Waals surface area (Å²) in [7, 11) is 0. The van der Waals surface area contributed by atoms with Gasteiger partial charge in [-0.3, -0.25) is 14.6 Å². The highest BCUT2D eigenvalue weighted by molar-refractivity contribution is 5.77. The highest BCUT2D eigenvalue weighted by atomic mass is 16.4. The molecule has 2 heterocycles. The molecule has 1 amide bonds. The van der Waals surface area contributed by atoms with Crippen LogP contribution in [0.2, 0.25) is 0 Å². The molecule has 2 rings (SSSR count). The van der Waals surface area contributed by atoms with Crippen molar-refractivity contribution in [3.8, 4) is 0 Å². The van der Waals surface area contributed by atoms with E-state index in [2.05, 4.69) is 32.2 Å². The predicted molar refractivity (Wildman–Crippen MR) is 78.7 cm³/mol. The van der Waals surface area contributed by atoms with Crippen molar-refractivity contribution in [1.29, 1.82) is 0 Å². The summed E-state index contributed by atoms with van der Waals surface area (Å²) in [6.45, 7) is 9.53. The van der Waals surface area contributed by atoms with Crippen molar-refractivity contribution in [2.45, 2.75) is 33.2 Å². The van der Waals surface area contributed by atoms with Crippen LogP contribution in [0.4, 0.5) is 0 Å². The molecule has 0 spiro atoms. The van der Waals surface area contributed by atoms with Crippen molar-refractivity contribution in [1.82, 2.24) is 25.3 Å². The fraction of sp³-hybridized carbons (Fsp3) is 0.786. The maximum absolute atomic E-state index is 11.8. The number of nitrogens with one attached hydrogen (secondary N) is 1. The summed E-state index contributed by atoms with van der Waals surface area (Å²) in [6, 6.07) is 0. The molecular weight excluding hydrogens is 270 g/mol. The molecule has 1 aliphatic heterocycles. The van der Waals surface area contributed by atoms with Crippen LogP contribution in [0.25, 0.3) is 0 Å². The van der Waals surface area contributed by atoms with Crippen LogP contribution >= 0.6 is 0 Å². The number of rotatable bonds is 7. The van der Waals surface area contributed by atoms with Gasteiger partial charge >= 0.3 is 0 Å². The van der Waals surface area contributed by atoms with Gasteiger partial charge in [-0.2, -0.15) is 0 Å². The summed E-state index contributed by atoms with van der Waals surface area (Å²) in [6.07, 6.45) is 2.15. The Morgan fingerprint density at radius 1 is 1.24 bits per heavy atom. The minimum atomic E-state index is 0.129. The number of carbonyl (C=O) groups excluding carboxylic acids is 1. The van der Waals surface area contributed by atoms with Crippen molar-refractivity contribution >= 4 is 5.91 Å². The SMILES string of the molecule is CCCCNC(=O)CN1CCN(Cc2nnc(C)o2)CC1. The minimum Gasteiger partial charge on any atom is -0.424 e. The zero-order chi connectivity index (χ0) is 15.1. The van der Waals surface area contributed by atoms with Crippen LogP contribution in [0, 0.1) is 6.92 Å². The average Bonchev–Trinajstić information content (AvgIpc) is 2.87. The summed E-state index contributed by atoms with van der Waals surface area (Å²) in [5, 5.41) is 10.8. The van der Waals surface area contributed by atoms with Gasteiger partial charge in [-0.15, -0.1) is 10.2 Å². The number of hydrogen-bond acceptors (Lipinski definition) is 6. The van der Waals surface area contributed by atoms with Gasteiger partial charge in [0.1, 0.15) is 0 Å². The zero-order valence-electron chi connectivity index (χ0n) is 13.0. The molecule has 7 nitrogen and oxygen atoms in total. The quantitative estimate of drug-likeness (QED) is 0.735. The Bertz CT molecular complexity index is 440. The van der Waals surface area contributed by atoms with E-state index in [-0.39, 0.29) is 5.91 Å². The number of piperazine rings is 1. The second-order valence-corrected chi connectivity index (χ2v) is 5.47. The first-order valence-corrected chi connectivity index (χ1v) is 7.67. The second kappa shape index (κ2) is 8.09. The van der Waals surface area contributed by atoms with E-state index in [4.69, 9.17) is 4.42 Å². The average molecular weight is 295 g/mol. The molecule has 0 unspecified atom stereocenters. The third kappa shape index (κ3) is 5.43. The lowest BCUT2D eigenvalue weighted by molar-refractivity contribution is -0.122. The van der Waals surface area contributed by atoms with Gasteiger partial charge in [0.15, 0.2) is 0 Å². The highest BCUT2D eigenvalue weighted by Gasteiger charge is 2.20. The lowest BCUT2D eigenvalue weighted by atomic mass is 10.3. The maximum atomic E-state index is 11.8. The van der Waals surface area contributed by atoms with Crippen LogP contribution in [0.1, 0.15) is 31.5 Å². The van der Waals surface area contributed by atoms with Crippen molar-refractivity contribution in [2.24, 2.45) is 0 Å². The van der Waals surface area contributed by atoms with Gasteiger partial charge in [-0.1, -0.05) is 13.3 Å². The molecule has 1 N–H and O–H groups in total. The highest BCUT2D eigenvalue weighted by Crippen LogP contribution is 2.07. The van der Waals surface area contributed by atoms with Gasteiger partial charge in [0.2, 0.25) is 17.7 Å². The van der Waals surface area contributed by atoms with Crippen LogP contribution < -0.4 is 5.32 Å². The number of aryl methyl sites for hydroxylation is 1. The molecule has 0 atom stereocenters. The molecule has 1 aliphatic rings. The zero-order valence-corrected chi connectivity index (χ0v) is 13.0. The summed E-state index contributed by atoms with van der Waals surface area (Å²) >= 11 is 0. The standard InChI is InChI=1S/C14H25N5O2/c1-3-4-5-15-13(20)10-18-6-8-19(9-7-18)11-14-17-16-12(2)21-14/h3-11H2,1-2H3,(H,15,20). The van der Waals surface area contributed by atoms with E-state index in [9.17, 15) is 4.79 Å². The normalized spacial score (nSPS) is 17.0. The summed E-state index contributed by atoms with van der Waals surface area (Å²) in [5.74, 6) is 1.40. The van der Waals surface area contributed by atoms with Crippen molar-refractivity contribution in [3.05, 3.63) is 11.8 Å². The number of aromatic nitrogens is 2.